The largest absolute Gasteiger partial charge is 0.370 e. The van der Waals surface area contributed by atoms with Crippen LogP contribution in [0.2, 0.25) is 0 Å². The zero-order chi connectivity index (χ0) is 17.9. The molecule has 4 nitrogen and oxygen atoms in total. The van der Waals surface area contributed by atoms with Crippen LogP contribution in [0.4, 0.5) is 10.1 Å². The maximum absolute atomic E-state index is 13.5. The maximum atomic E-state index is 13.5. The Labute approximate surface area is 148 Å². The Bertz CT molecular complexity index is 747. The van der Waals surface area contributed by atoms with Crippen molar-refractivity contribution in [3.05, 3.63) is 65.5 Å². The van der Waals surface area contributed by atoms with Crippen molar-refractivity contribution in [2.24, 2.45) is 0 Å². The molecule has 0 bridgehead atoms. The monoisotopic (exact) mass is 341 g/mol. The zero-order valence-electron chi connectivity index (χ0n) is 14.7. The van der Waals surface area contributed by atoms with E-state index in [1.165, 1.54) is 23.3 Å². The highest BCUT2D eigenvalue weighted by Crippen LogP contribution is 2.28. The van der Waals surface area contributed by atoms with E-state index in [2.05, 4.69) is 46.7 Å². The van der Waals surface area contributed by atoms with E-state index in [9.17, 15) is 9.18 Å². The van der Waals surface area contributed by atoms with Gasteiger partial charge in [-0.2, -0.15) is 0 Å². The summed E-state index contributed by atoms with van der Waals surface area (Å²) >= 11 is 0. The van der Waals surface area contributed by atoms with Gasteiger partial charge in [0.2, 0.25) is 5.91 Å². The summed E-state index contributed by atoms with van der Waals surface area (Å²) in [7, 11) is 1.64. The second kappa shape index (κ2) is 7.23. The van der Waals surface area contributed by atoms with E-state index >= 15 is 0 Å². The fourth-order valence-corrected chi connectivity index (χ4v) is 3.40. The Hall–Kier alpha value is -2.40. The van der Waals surface area contributed by atoms with Crippen LogP contribution < -0.4 is 10.6 Å². The number of likely N-dealkylation sites (tertiary alicyclic amines) is 1. The van der Waals surface area contributed by atoms with Crippen molar-refractivity contribution in [1.82, 2.24) is 10.2 Å². The molecule has 1 saturated heterocycles. The minimum absolute atomic E-state index is 0.0665. The zero-order valence-corrected chi connectivity index (χ0v) is 14.7. The molecule has 0 aromatic heterocycles. The Balaban J connectivity index is 1.75. The van der Waals surface area contributed by atoms with Crippen LogP contribution in [0, 0.1) is 12.7 Å². The van der Waals surface area contributed by atoms with Gasteiger partial charge >= 0.3 is 0 Å². The van der Waals surface area contributed by atoms with Crippen LogP contribution in [-0.2, 0) is 11.3 Å². The van der Waals surface area contributed by atoms with Gasteiger partial charge in [-0.3, -0.25) is 9.69 Å². The van der Waals surface area contributed by atoms with Crippen LogP contribution in [0.3, 0.4) is 0 Å². The number of nitrogens with one attached hydrogen (secondary N) is 2. The summed E-state index contributed by atoms with van der Waals surface area (Å²) in [5.74, 6) is -0.380. The summed E-state index contributed by atoms with van der Waals surface area (Å²) in [5.41, 5.74) is 2.34. The molecule has 1 atom stereocenters. The lowest BCUT2D eigenvalue weighted by molar-refractivity contribution is -0.124. The van der Waals surface area contributed by atoms with E-state index in [1.54, 1.807) is 19.2 Å². The summed E-state index contributed by atoms with van der Waals surface area (Å²) in [6.45, 7) is 4.25. The number of anilines is 1. The van der Waals surface area contributed by atoms with E-state index in [0.29, 0.717) is 18.7 Å². The van der Waals surface area contributed by atoms with Gasteiger partial charge in [0.05, 0.1) is 0 Å². The lowest BCUT2D eigenvalue weighted by atomic mass is 9.96. The van der Waals surface area contributed by atoms with E-state index in [4.69, 9.17) is 0 Å². The summed E-state index contributed by atoms with van der Waals surface area (Å²) in [4.78, 5) is 14.8. The first kappa shape index (κ1) is 17.4. The van der Waals surface area contributed by atoms with Crippen LogP contribution in [0.1, 0.15) is 17.5 Å². The highest BCUT2D eigenvalue weighted by atomic mass is 19.1. The molecule has 25 heavy (non-hydrogen) atoms. The van der Waals surface area contributed by atoms with Crippen LogP contribution >= 0.6 is 0 Å². The highest BCUT2D eigenvalue weighted by Gasteiger charge is 2.44. The Morgan fingerprint density at radius 3 is 2.68 bits per heavy atom. The molecule has 0 spiro atoms. The molecule has 0 saturated carbocycles. The molecule has 1 aliphatic rings. The molecule has 132 valence electrons. The van der Waals surface area contributed by atoms with Crippen molar-refractivity contribution in [2.75, 3.05) is 25.5 Å². The Kier molecular flexibility index (Phi) is 5.04. The average Bonchev–Trinajstić information content (AvgIpc) is 3.00. The Morgan fingerprint density at radius 2 is 2.00 bits per heavy atom. The molecule has 1 heterocycles. The minimum atomic E-state index is -0.743. The number of hydrogen-bond acceptors (Lipinski definition) is 3. The van der Waals surface area contributed by atoms with Gasteiger partial charge < -0.3 is 10.6 Å². The summed E-state index contributed by atoms with van der Waals surface area (Å²) in [5, 5.41) is 6.03. The molecule has 1 unspecified atom stereocenters. The molecule has 0 aliphatic carbocycles. The van der Waals surface area contributed by atoms with Gasteiger partial charge in [-0.1, -0.05) is 35.9 Å². The quantitative estimate of drug-likeness (QED) is 0.879. The van der Waals surface area contributed by atoms with E-state index in [1.807, 2.05) is 0 Å². The Morgan fingerprint density at radius 1 is 1.24 bits per heavy atom. The third-order valence-electron chi connectivity index (χ3n) is 4.75. The summed E-state index contributed by atoms with van der Waals surface area (Å²) in [6.07, 6.45) is 0.676. The molecule has 2 aromatic carbocycles. The fourth-order valence-electron chi connectivity index (χ4n) is 3.40. The SMILES string of the molecule is CNC(=O)C1(Nc2cccc(F)c2)CCN(Cc2ccc(C)cc2)C1. The summed E-state index contributed by atoms with van der Waals surface area (Å²) in [6, 6.07) is 14.7. The number of halogens is 1. The second-order valence-corrected chi connectivity index (χ2v) is 6.74. The number of carbonyl (C=O) groups excluding carboxylic acids is 1. The molecule has 1 amide bonds. The molecule has 5 heteroatoms. The third kappa shape index (κ3) is 3.99. The molecule has 2 aromatic rings. The molecule has 1 fully saturated rings. The van der Waals surface area contributed by atoms with Gasteiger partial charge in [-0.25, -0.2) is 4.39 Å². The average molecular weight is 341 g/mol. The lowest BCUT2D eigenvalue weighted by Gasteiger charge is -2.30. The molecular weight excluding hydrogens is 317 g/mol. The topological polar surface area (TPSA) is 44.4 Å². The van der Waals surface area contributed by atoms with Gasteiger partial charge in [0.15, 0.2) is 0 Å². The minimum Gasteiger partial charge on any atom is -0.370 e. The number of aryl methyl sites for hydroxylation is 1. The van der Waals surface area contributed by atoms with Gasteiger partial charge in [0.25, 0.3) is 0 Å². The number of nitrogens with zero attached hydrogens (tertiary/aromatic N) is 1. The standard InChI is InChI=1S/C20H24FN3O/c1-15-6-8-16(9-7-15)13-24-11-10-20(14-24,19(25)22-2)23-18-5-3-4-17(21)12-18/h3-9,12,23H,10-11,13-14H2,1-2H3,(H,22,25). The molecule has 0 radical (unpaired) electrons. The van der Waals surface area contributed by atoms with Gasteiger partial charge in [0, 0.05) is 32.4 Å². The molecule has 3 rings (SSSR count). The number of benzene rings is 2. The first-order valence-electron chi connectivity index (χ1n) is 8.55. The molecular formula is C20H24FN3O. The van der Waals surface area contributed by atoms with E-state index < -0.39 is 5.54 Å². The van der Waals surface area contributed by atoms with Crippen molar-refractivity contribution in [1.29, 1.82) is 0 Å². The normalized spacial score (nSPS) is 20.4. The van der Waals surface area contributed by atoms with Gasteiger partial charge in [-0.15, -0.1) is 0 Å². The smallest absolute Gasteiger partial charge is 0.246 e. The van der Waals surface area contributed by atoms with E-state index in [0.717, 1.165) is 13.1 Å². The second-order valence-electron chi connectivity index (χ2n) is 6.74. The fraction of sp³-hybridized carbons (Fsp3) is 0.350. The maximum Gasteiger partial charge on any atom is 0.246 e. The predicted molar refractivity (Wildman–Crippen MR) is 97.9 cm³/mol. The van der Waals surface area contributed by atoms with Crippen molar-refractivity contribution < 1.29 is 9.18 Å². The van der Waals surface area contributed by atoms with Crippen molar-refractivity contribution in [3.63, 3.8) is 0 Å². The first-order chi connectivity index (χ1) is 12.0. The van der Waals surface area contributed by atoms with Crippen molar-refractivity contribution in [2.45, 2.75) is 25.4 Å². The van der Waals surface area contributed by atoms with Crippen LogP contribution in [0.15, 0.2) is 48.5 Å². The number of carbonyl (C=O) groups is 1. The number of likely N-dealkylation sites (N-methyl/N-ethyl adjacent to an activating group) is 1. The van der Waals surface area contributed by atoms with Crippen LogP contribution in [0.5, 0.6) is 0 Å². The number of hydrogen-bond donors (Lipinski definition) is 2. The van der Waals surface area contributed by atoms with Gasteiger partial charge in [-0.05, 0) is 37.1 Å². The predicted octanol–water partition coefficient (Wildman–Crippen LogP) is 2.94. The number of rotatable bonds is 5. The van der Waals surface area contributed by atoms with Crippen molar-refractivity contribution >= 4 is 11.6 Å². The molecule has 1 aliphatic heterocycles. The third-order valence-corrected chi connectivity index (χ3v) is 4.75. The molecule has 2 N–H and O–H groups in total. The van der Waals surface area contributed by atoms with Gasteiger partial charge in [0.1, 0.15) is 11.4 Å². The summed E-state index contributed by atoms with van der Waals surface area (Å²) < 4.78 is 13.5. The van der Waals surface area contributed by atoms with Crippen LogP contribution in [0.25, 0.3) is 0 Å². The highest BCUT2D eigenvalue weighted by molar-refractivity contribution is 5.90. The lowest BCUT2D eigenvalue weighted by Crippen LogP contribution is -2.53. The van der Waals surface area contributed by atoms with Crippen molar-refractivity contribution in [3.8, 4) is 0 Å². The van der Waals surface area contributed by atoms with Crippen LogP contribution in [-0.4, -0.2) is 36.5 Å². The first-order valence-corrected chi connectivity index (χ1v) is 8.55. The van der Waals surface area contributed by atoms with E-state index in [-0.39, 0.29) is 11.7 Å². The number of amides is 1.